The summed E-state index contributed by atoms with van der Waals surface area (Å²) in [6, 6.07) is 0.520. The van der Waals surface area contributed by atoms with Crippen molar-refractivity contribution in [2.24, 2.45) is 13.0 Å². The molecule has 1 atom stereocenters. The molecule has 1 unspecified atom stereocenters. The molecule has 0 bridgehead atoms. The Balaban J connectivity index is 2.61. The first kappa shape index (κ1) is 14.2. The van der Waals surface area contributed by atoms with E-state index in [0.29, 0.717) is 6.04 Å². The Hall–Kier alpha value is -0.900. The Morgan fingerprint density at radius 3 is 2.35 bits per heavy atom. The van der Waals surface area contributed by atoms with E-state index < -0.39 is 0 Å². The lowest BCUT2D eigenvalue weighted by molar-refractivity contribution is 0.321. The number of likely N-dealkylation sites (N-methyl/N-ethyl adjacent to an activating group) is 1. The minimum atomic E-state index is 0.520. The van der Waals surface area contributed by atoms with Crippen LogP contribution in [0.15, 0.2) is 6.20 Å². The highest BCUT2D eigenvalue weighted by molar-refractivity contribution is 4.97. The van der Waals surface area contributed by atoms with Crippen LogP contribution < -0.4 is 5.32 Å². The third-order valence-electron chi connectivity index (χ3n) is 3.34. The molecule has 0 aliphatic rings. The molecule has 1 N–H and O–H groups in total. The van der Waals surface area contributed by atoms with Gasteiger partial charge in [-0.05, 0) is 25.8 Å². The molecular formula is C13H26N4. The van der Waals surface area contributed by atoms with Crippen molar-refractivity contribution in [3.63, 3.8) is 0 Å². The van der Waals surface area contributed by atoms with Gasteiger partial charge in [-0.15, -0.1) is 5.10 Å². The molecule has 0 saturated carbocycles. The number of hydrogen-bond donors (Lipinski definition) is 1. The van der Waals surface area contributed by atoms with Crippen molar-refractivity contribution in [2.45, 2.75) is 52.0 Å². The first-order valence-electron chi connectivity index (χ1n) is 6.73. The molecule has 0 radical (unpaired) electrons. The Bertz CT molecular complexity index is 302. The van der Waals surface area contributed by atoms with Gasteiger partial charge >= 0.3 is 0 Å². The first-order chi connectivity index (χ1) is 8.21. The van der Waals surface area contributed by atoms with Crippen LogP contribution in [0.3, 0.4) is 0 Å². The maximum absolute atomic E-state index is 4.18. The standard InChI is InChI=1S/C13H26N4/c1-5-7-11(8-6-2)13(14-3)9-12-10-17(4)16-15-12/h10-11,13-14H,5-9H2,1-4H3. The third-order valence-corrected chi connectivity index (χ3v) is 3.34. The normalized spacial score (nSPS) is 13.2. The highest BCUT2D eigenvalue weighted by Gasteiger charge is 2.19. The van der Waals surface area contributed by atoms with Gasteiger partial charge in [0.1, 0.15) is 0 Å². The van der Waals surface area contributed by atoms with E-state index in [1.165, 1.54) is 25.7 Å². The van der Waals surface area contributed by atoms with Gasteiger partial charge in [0.05, 0.1) is 5.69 Å². The van der Waals surface area contributed by atoms with Crippen LogP contribution in [0.5, 0.6) is 0 Å². The molecule has 17 heavy (non-hydrogen) atoms. The Morgan fingerprint density at radius 1 is 1.29 bits per heavy atom. The van der Waals surface area contributed by atoms with Crippen molar-refractivity contribution in [1.82, 2.24) is 20.3 Å². The van der Waals surface area contributed by atoms with Crippen LogP contribution in [0.1, 0.15) is 45.2 Å². The van der Waals surface area contributed by atoms with Crippen LogP contribution in [0, 0.1) is 5.92 Å². The molecule has 0 aliphatic heterocycles. The molecule has 0 spiro atoms. The number of nitrogens with one attached hydrogen (secondary N) is 1. The van der Waals surface area contributed by atoms with Crippen LogP contribution in [-0.4, -0.2) is 28.1 Å². The SMILES string of the molecule is CCCC(CCC)C(Cc1cn(C)nn1)NC. The second kappa shape index (κ2) is 7.43. The van der Waals surface area contributed by atoms with Gasteiger partial charge < -0.3 is 5.32 Å². The molecule has 0 fully saturated rings. The van der Waals surface area contributed by atoms with Crippen molar-refractivity contribution < 1.29 is 0 Å². The Labute approximate surface area is 105 Å². The molecule has 0 aliphatic carbocycles. The van der Waals surface area contributed by atoms with Gasteiger partial charge in [-0.3, -0.25) is 4.68 Å². The van der Waals surface area contributed by atoms with Gasteiger partial charge in [0.25, 0.3) is 0 Å². The zero-order valence-electron chi connectivity index (χ0n) is 11.6. The summed E-state index contributed by atoms with van der Waals surface area (Å²) in [5.74, 6) is 0.747. The van der Waals surface area contributed by atoms with Crippen molar-refractivity contribution >= 4 is 0 Å². The van der Waals surface area contributed by atoms with Gasteiger partial charge in [-0.25, -0.2) is 0 Å². The lowest BCUT2D eigenvalue weighted by Crippen LogP contribution is -2.35. The van der Waals surface area contributed by atoms with Gasteiger partial charge in [-0.1, -0.05) is 31.9 Å². The topological polar surface area (TPSA) is 42.7 Å². The lowest BCUT2D eigenvalue weighted by atomic mass is 9.88. The molecule has 0 aromatic carbocycles. The maximum atomic E-state index is 4.18. The molecule has 1 aromatic heterocycles. The van der Waals surface area contributed by atoms with Gasteiger partial charge in [0.2, 0.25) is 0 Å². The van der Waals surface area contributed by atoms with E-state index in [2.05, 4.69) is 36.5 Å². The minimum Gasteiger partial charge on any atom is -0.316 e. The average Bonchev–Trinajstić information content (AvgIpc) is 2.72. The van der Waals surface area contributed by atoms with E-state index in [9.17, 15) is 0 Å². The van der Waals surface area contributed by atoms with E-state index in [4.69, 9.17) is 0 Å². The fourth-order valence-corrected chi connectivity index (χ4v) is 2.51. The number of rotatable bonds is 8. The van der Waals surface area contributed by atoms with Gasteiger partial charge in [0, 0.05) is 25.7 Å². The highest BCUT2D eigenvalue weighted by atomic mass is 15.4. The van der Waals surface area contributed by atoms with E-state index in [0.717, 1.165) is 18.0 Å². The maximum Gasteiger partial charge on any atom is 0.0842 e. The fourth-order valence-electron chi connectivity index (χ4n) is 2.51. The van der Waals surface area contributed by atoms with Crippen LogP contribution in [0.25, 0.3) is 0 Å². The predicted octanol–water partition coefficient (Wildman–Crippen LogP) is 2.16. The Morgan fingerprint density at radius 2 is 1.94 bits per heavy atom. The van der Waals surface area contributed by atoms with Crippen LogP contribution in [0.2, 0.25) is 0 Å². The monoisotopic (exact) mass is 238 g/mol. The van der Waals surface area contributed by atoms with Crippen molar-refractivity contribution in [1.29, 1.82) is 0 Å². The summed E-state index contributed by atoms with van der Waals surface area (Å²) in [5.41, 5.74) is 1.09. The molecule has 1 aromatic rings. The number of aromatic nitrogens is 3. The number of aryl methyl sites for hydroxylation is 1. The fraction of sp³-hybridized carbons (Fsp3) is 0.846. The van der Waals surface area contributed by atoms with E-state index in [-0.39, 0.29) is 0 Å². The highest BCUT2D eigenvalue weighted by Crippen LogP contribution is 2.20. The molecule has 0 amide bonds. The summed E-state index contributed by atoms with van der Waals surface area (Å²) in [6.07, 6.45) is 8.08. The average molecular weight is 238 g/mol. The van der Waals surface area contributed by atoms with Crippen LogP contribution in [-0.2, 0) is 13.5 Å². The third kappa shape index (κ3) is 4.46. The van der Waals surface area contributed by atoms with Gasteiger partial charge in [0.15, 0.2) is 0 Å². The molecule has 1 rings (SSSR count). The summed E-state index contributed by atoms with van der Waals surface area (Å²) >= 11 is 0. The molecule has 98 valence electrons. The lowest BCUT2D eigenvalue weighted by Gasteiger charge is -2.25. The minimum absolute atomic E-state index is 0.520. The van der Waals surface area contributed by atoms with E-state index in [1.54, 1.807) is 4.68 Å². The van der Waals surface area contributed by atoms with E-state index in [1.807, 2.05) is 13.2 Å². The second-order valence-corrected chi connectivity index (χ2v) is 4.82. The molecule has 0 saturated heterocycles. The van der Waals surface area contributed by atoms with Crippen molar-refractivity contribution in [3.8, 4) is 0 Å². The summed E-state index contributed by atoms with van der Waals surface area (Å²) in [5, 5.41) is 11.6. The van der Waals surface area contributed by atoms with Crippen LogP contribution >= 0.6 is 0 Å². The molecule has 4 heteroatoms. The van der Waals surface area contributed by atoms with E-state index >= 15 is 0 Å². The summed E-state index contributed by atoms with van der Waals surface area (Å²) < 4.78 is 1.77. The molecular weight excluding hydrogens is 212 g/mol. The number of nitrogens with zero attached hydrogens (tertiary/aromatic N) is 3. The molecule has 1 heterocycles. The smallest absolute Gasteiger partial charge is 0.0842 e. The quantitative estimate of drug-likeness (QED) is 0.754. The van der Waals surface area contributed by atoms with Crippen molar-refractivity contribution in [3.05, 3.63) is 11.9 Å². The largest absolute Gasteiger partial charge is 0.316 e. The second-order valence-electron chi connectivity index (χ2n) is 4.82. The Kier molecular flexibility index (Phi) is 6.19. The van der Waals surface area contributed by atoms with Crippen LogP contribution in [0.4, 0.5) is 0 Å². The summed E-state index contributed by atoms with van der Waals surface area (Å²) in [4.78, 5) is 0. The summed E-state index contributed by atoms with van der Waals surface area (Å²) in [6.45, 7) is 4.52. The zero-order chi connectivity index (χ0) is 12.7. The van der Waals surface area contributed by atoms with Crippen molar-refractivity contribution in [2.75, 3.05) is 7.05 Å². The zero-order valence-corrected chi connectivity index (χ0v) is 11.6. The first-order valence-corrected chi connectivity index (χ1v) is 6.73. The van der Waals surface area contributed by atoms with Gasteiger partial charge in [-0.2, -0.15) is 0 Å². The predicted molar refractivity (Wildman–Crippen MR) is 70.9 cm³/mol. The summed E-state index contributed by atoms with van der Waals surface area (Å²) in [7, 11) is 3.97. The number of hydrogen-bond acceptors (Lipinski definition) is 3. The molecule has 4 nitrogen and oxygen atoms in total.